The standard InChI is InChI=1S/C15H21NO3S/c1-12(5-4-10-17)16-20(18,19)15-9-8-13-6-2-3-7-14(13)11-15/h2-3,6-7,11-12,16-17H,4-5,8-10H2,1H3. The second-order valence-electron chi connectivity index (χ2n) is 5.20. The highest BCUT2D eigenvalue weighted by atomic mass is 32.2. The van der Waals surface area contributed by atoms with Gasteiger partial charge in [0.25, 0.3) is 0 Å². The molecule has 2 N–H and O–H groups in total. The molecule has 20 heavy (non-hydrogen) atoms. The summed E-state index contributed by atoms with van der Waals surface area (Å²) in [4.78, 5) is 0.451. The average Bonchev–Trinajstić information content (AvgIpc) is 2.44. The fourth-order valence-corrected chi connectivity index (χ4v) is 3.87. The first-order valence-electron chi connectivity index (χ1n) is 6.94. The molecule has 2 rings (SSSR count). The normalized spacial score (nSPS) is 16.4. The lowest BCUT2D eigenvalue weighted by Crippen LogP contribution is -2.34. The number of hydrogen-bond acceptors (Lipinski definition) is 3. The van der Waals surface area contributed by atoms with E-state index in [0.717, 1.165) is 12.0 Å². The van der Waals surface area contributed by atoms with Crippen LogP contribution in [0.5, 0.6) is 0 Å². The van der Waals surface area contributed by atoms with Crippen LogP contribution in [0.1, 0.15) is 37.3 Å². The van der Waals surface area contributed by atoms with E-state index >= 15 is 0 Å². The van der Waals surface area contributed by atoms with Gasteiger partial charge in [0.05, 0.1) is 4.91 Å². The van der Waals surface area contributed by atoms with Gasteiger partial charge >= 0.3 is 0 Å². The van der Waals surface area contributed by atoms with Gasteiger partial charge in [0.2, 0.25) is 10.0 Å². The van der Waals surface area contributed by atoms with Gasteiger partial charge in [-0.2, -0.15) is 0 Å². The van der Waals surface area contributed by atoms with Crippen molar-refractivity contribution in [2.24, 2.45) is 0 Å². The van der Waals surface area contributed by atoms with E-state index in [9.17, 15) is 8.42 Å². The number of sulfonamides is 1. The van der Waals surface area contributed by atoms with E-state index in [-0.39, 0.29) is 12.6 Å². The lowest BCUT2D eigenvalue weighted by molar-refractivity contribution is 0.279. The Morgan fingerprint density at radius 1 is 1.30 bits per heavy atom. The van der Waals surface area contributed by atoms with Crippen LogP contribution in [0.15, 0.2) is 29.2 Å². The maximum Gasteiger partial charge on any atom is 0.236 e. The number of aliphatic hydroxyl groups is 1. The summed E-state index contributed by atoms with van der Waals surface area (Å²) in [6.07, 6.45) is 4.30. The van der Waals surface area contributed by atoms with Gasteiger partial charge in [-0.05, 0) is 49.8 Å². The van der Waals surface area contributed by atoms with Crippen molar-refractivity contribution >= 4 is 16.1 Å². The maximum atomic E-state index is 12.3. The largest absolute Gasteiger partial charge is 0.396 e. The molecule has 5 heteroatoms. The monoisotopic (exact) mass is 295 g/mol. The first-order chi connectivity index (χ1) is 9.53. The van der Waals surface area contributed by atoms with Crippen molar-refractivity contribution in [2.75, 3.05) is 6.61 Å². The second-order valence-corrected chi connectivity index (χ2v) is 6.96. The fourth-order valence-electron chi connectivity index (χ4n) is 2.42. The van der Waals surface area contributed by atoms with Crippen LogP contribution in [-0.2, 0) is 16.4 Å². The Morgan fingerprint density at radius 3 is 2.80 bits per heavy atom. The molecule has 1 unspecified atom stereocenters. The third-order valence-electron chi connectivity index (χ3n) is 3.51. The first-order valence-corrected chi connectivity index (χ1v) is 8.43. The van der Waals surface area contributed by atoms with Crippen LogP contribution in [0.4, 0.5) is 0 Å². The Bertz CT molecular complexity index is 593. The zero-order valence-corrected chi connectivity index (χ0v) is 12.5. The summed E-state index contributed by atoms with van der Waals surface area (Å²) in [5, 5.41) is 8.78. The molecule has 0 radical (unpaired) electrons. The van der Waals surface area contributed by atoms with E-state index < -0.39 is 10.0 Å². The van der Waals surface area contributed by atoms with Crippen molar-refractivity contribution in [3.8, 4) is 0 Å². The summed E-state index contributed by atoms with van der Waals surface area (Å²) >= 11 is 0. The minimum Gasteiger partial charge on any atom is -0.396 e. The van der Waals surface area contributed by atoms with Crippen LogP contribution in [0.2, 0.25) is 0 Å². The molecule has 0 fully saturated rings. The van der Waals surface area contributed by atoms with Gasteiger partial charge in [-0.15, -0.1) is 0 Å². The first kappa shape index (κ1) is 15.2. The molecule has 4 nitrogen and oxygen atoms in total. The Labute approximate surface area is 120 Å². The topological polar surface area (TPSA) is 66.4 Å². The number of benzene rings is 1. The predicted octanol–water partition coefficient (Wildman–Crippen LogP) is 2.05. The summed E-state index contributed by atoms with van der Waals surface area (Å²) < 4.78 is 27.3. The summed E-state index contributed by atoms with van der Waals surface area (Å²) in [7, 11) is -3.43. The maximum absolute atomic E-state index is 12.3. The van der Waals surface area contributed by atoms with Crippen molar-refractivity contribution in [1.82, 2.24) is 4.72 Å². The van der Waals surface area contributed by atoms with Crippen molar-refractivity contribution in [2.45, 2.75) is 38.6 Å². The molecule has 0 spiro atoms. The third kappa shape index (κ3) is 3.69. The van der Waals surface area contributed by atoms with E-state index in [4.69, 9.17) is 5.11 Å². The second kappa shape index (κ2) is 6.52. The van der Waals surface area contributed by atoms with Crippen LogP contribution in [0.3, 0.4) is 0 Å². The highest BCUT2D eigenvalue weighted by Gasteiger charge is 2.23. The number of fused-ring (bicyclic) bond motifs is 1. The number of aryl methyl sites for hydroxylation is 1. The van der Waals surface area contributed by atoms with Crippen molar-refractivity contribution in [1.29, 1.82) is 0 Å². The number of hydrogen-bond donors (Lipinski definition) is 2. The van der Waals surface area contributed by atoms with Gasteiger partial charge < -0.3 is 5.11 Å². The molecular formula is C15H21NO3S. The molecule has 0 saturated heterocycles. The van der Waals surface area contributed by atoms with Gasteiger partial charge in [-0.25, -0.2) is 13.1 Å². The zero-order valence-electron chi connectivity index (χ0n) is 11.7. The molecule has 1 aliphatic carbocycles. The number of nitrogens with one attached hydrogen (secondary N) is 1. The summed E-state index contributed by atoms with van der Waals surface area (Å²) in [5.74, 6) is 0. The van der Waals surface area contributed by atoms with Crippen LogP contribution in [-0.4, -0.2) is 26.2 Å². The van der Waals surface area contributed by atoms with Crippen LogP contribution in [0.25, 0.3) is 6.08 Å². The Hall–Kier alpha value is -1.17. The minimum absolute atomic E-state index is 0.0855. The average molecular weight is 295 g/mol. The van der Waals surface area contributed by atoms with E-state index in [2.05, 4.69) is 4.72 Å². The summed E-state index contributed by atoms with van der Waals surface area (Å²) in [5.41, 5.74) is 2.18. The van der Waals surface area contributed by atoms with Gasteiger partial charge in [-0.3, -0.25) is 0 Å². The molecule has 110 valence electrons. The van der Waals surface area contributed by atoms with Gasteiger partial charge in [-0.1, -0.05) is 24.3 Å². The molecule has 0 heterocycles. The van der Waals surface area contributed by atoms with Gasteiger partial charge in [0.15, 0.2) is 0 Å². The van der Waals surface area contributed by atoms with E-state index in [1.807, 2.05) is 31.2 Å². The van der Waals surface area contributed by atoms with Gasteiger partial charge in [0.1, 0.15) is 0 Å². The summed E-state index contributed by atoms with van der Waals surface area (Å²) in [6, 6.07) is 7.71. The fraction of sp³-hybridized carbons (Fsp3) is 0.467. The highest BCUT2D eigenvalue weighted by Crippen LogP contribution is 2.26. The molecule has 1 aromatic rings. The Morgan fingerprint density at radius 2 is 2.05 bits per heavy atom. The number of rotatable bonds is 6. The van der Waals surface area contributed by atoms with Crippen molar-refractivity contribution in [3.63, 3.8) is 0 Å². The zero-order chi connectivity index (χ0) is 14.6. The lowest BCUT2D eigenvalue weighted by atomic mass is 9.98. The Kier molecular flexibility index (Phi) is 4.96. The molecule has 0 amide bonds. The van der Waals surface area contributed by atoms with E-state index in [0.29, 0.717) is 24.2 Å². The van der Waals surface area contributed by atoms with Crippen molar-refractivity contribution in [3.05, 3.63) is 40.3 Å². The molecule has 0 aromatic heterocycles. The molecule has 1 atom stereocenters. The molecular weight excluding hydrogens is 274 g/mol. The number of aliphatic hydroxyl groups excluding tert-OH is 1. The van der Waals surface area contributed by atoms with Gasteiger partial charge in [0, 0.05) is 12.6 Å². The molecule has 0 saturated carbocycles. The predicted molar refractivity (Wildman–Crippen MR) is 80.6 cm³/mol. The smallest absolute Gasteiger partial charge is 0.236 e. The lowest BCUT2D eigenvalue weighted by Gasteiger charge is -2.19. The molecule has 1 aliphatic rings. The number of allylic oxidation sites excluding steroid dienone is 1. The van der Waals surface area contributed by atoms with E-state index in [1.54, 1.807) is 6.08 Å². The SMILES string of the molecule is CC(CCCO)NS(=O)(=O)C1=Cc2ccccc2CC1. The van der Waals surface area contributed by atoms with E-state index in [1.165, 1.54) is 5.56 Å². The Balaban J connectivity index is 2.13. The van der Waals surface area contributed by atoms with Crippen LogP contribution in [0, 0.1) is 0 Å². The van der Waals surface area contributed by atoms with Crippen LogP contribution >= 0.6 is 0 Å². The quantitative estimate of drug-likeness (QED) is 0.844. The minimum atomic E-state index is -3.43. The van der Waals surface area contributed by atoms with Crippen LogP contribution < -0.4 is 4.72 Å². The van der Waals surface area contributed by atoms with Crippen molar-refractivity contribution < 1.29 is 13.5 Å². The third-order valence-corrected chi connectivity index (χ3v) is 5.23. The molecule has 0 bridgehead atoms. The summed E-state index contributed by atoms with van der Waals surface area (Å²) in [6.45, 7) is 1.91. The highest BCUT2D eigenvalue weighted by molar-refractivity contribution is 7.93. The molecule has 1 aromatic carbocycles. The molecule has 0 aliphatic heterocycles.